The number of hydrogen-bond donors (Lipinski definition) is 0. The topological polar surface area (TPSA) is 25.8 Å². The van der Waals surface area contributed by atoms with Gasteiger partial charge in [0.2, 0.25) is 0 Å². The Kier molecular flexibility index (Phi) is 8.12. The van der Waals surface area contributed by atoms with E-state index in [0.717, 1.165) is 10.9 Å². The van der Waals surface area contributed by atoms with Crippen LogP contribution in [-0.2, 0) is 32.7 Å². The van der Waals surface area contributed by atoms with Gasteiger partial charge < -0.3 is 11.4 Å². The summed E-state index contributed by atoms with van der Waals surface area (Å²) in [5.74, 6) is 0. The molecule has 0 bridgehead atoms. The van der Waals surface area contributed by atoms with Crippen molar-refractivity contribution in [1.29, 1.82) is 0 Å². The minimum absolute atomic E-state index is 0. The summed E-state index contributed by atoms with van der Waals surface area (Å²) < 4.78 is 0. The fraction of sp³-hybridized carbons (Fsp3) is 0.182. The van der Waals surface area contributed by atoms with E-state index in [1.165, 1.54) is 0 Å². The van der Waals surface area contributed by atoms with Crippen LogP contribution < -0.4 is 0 Å². The molecule has 0 fully saturated rings. The van der Waals surface area contributed by atoms with Gasteiger partial charge in [-0.25, -0.2) is 4.98 Å². The maximum absolute atomic E-state index is 5.65. The fourth-order valence-corrected chi connectivity index (χ4v) is 1.04. The molecule has 0 amide bonds. The molecule has 2 aromatic heterocycles. The summed E-state index contributed by atoms with van der Waals surface area (Å²) in [6.07, 6.45) is 6.42. The van der Waals surface area contributed by atoms with Crippen LogP contribution in [0.25, 0.3) is 10.9 Å². The fourth-order valence-electron chi connectivity index (χ4n) is 0.890. The van der Waals surface area contributed by atoms with E-state index in [0.29, 0.717) is 5.15 Å². The van der Waals surface area contributed by atoms with Crippen LogP contribution in [0.4, 0.5) is 0 Å². The molecule has 0 saturated heterocycles. The van der Waals surface area contributed by atoms with Crippen LogP contribution in [0.5, 0.6) is 0 Å². The van der Waals surface area contributed by atoms with Crippen molar-refractivity contribution in [3.63, 3.8) is 0 Å². The summed E-state index contributed by atoms with van der Waals surface area (Å²) >= 11 is 5.65. The molecule has 0 aliphatic carbocycles. The standard InChI is InChI=1S/C8H4ClN2.C3H7.Y/c9-8-4-7-6(5-11-8)2-1-3-10-7;1-3-2;/h1-2,4-5H;3H,1-2H3;/q2*-1;. The van der Waals surface area contributed by atoms with Crippen LogP contribution >= 0.6 is 11.6 Å². The van der Waals surface area contributed by atoms with Crippen molar-refractivity contribution >= 4 is 22.5 Å². The Morgan fingerprint density at radius 2 is 2.07 bits per heavy atom. The number of pyridine rings is 2. The smallest absolute Gasteiger partial charge is 0.118 e. The average Bonchev–Trinajstić information content (AvgIpc) is 2.19. The predicted molar refractivity (Wildman–Crippen MR) is 59.0 cm³/mol. The first-order chi connectivity index (χ1) is 6.77. The van der Waals surface area contributed by atoms with Crippen molar-refractivity contribution in [2.45, 2.75) is 13.8 Å². The van der Waals surface area contributed by atoms with Gasteiger partial charge in [-0.1, -0.05) is 29.3 Å². The zero-order valence-electron chi connectivity index (χ0n) is 8.74. The summed E-state index contributed by atoms with van der Waals surface area (Å²) in [4.78, 5) is 7.91. The van der Waals surface area contributed by atoms with Crippen LogP contribution in [0.1, 0.15) is 13.8 Å². The van der Waals surface area contributed by atoms with Crippen molar-refractivity contribution in [2.24, 2.45) is 0 Å². The molecule has 0 spiro atoms. The van der Waals surface area contributed by atoms with E-state index in [1.54, 1.807) is 18.3 Å². The molecular weight excluding hydrogens is 284 g/mol. The first-order valence-electron chi connectivity index (χ1n) is 4.30. The molecule has 2 rings (SSSR count). The molecule has 0 aromatic carbocycles. The number of rotatable bonds is 0. The summed E-state index contributed by atoms with van der Waals surface area (Å²) in [6.45, 7) is 4.00. The van der Waals surface area contributed by atoms with Gasteiger partial charge in [-0.3, -0.25) is 0 Å². The van der Waals surface area contributed by atoms with E-state index in [4.69, 9.17) is 11.6 Å². The van der Waals surface area contributed by atoms with Gasteiger partial charge in [-0.2, -0.15) is 26.0 Å². The molecule has 0 aliphatic rings. The summed E-state index contributed by atoms with van der Waals surface area (Å²) in [5, 5.41) is 1.44. The van der Waals surface area contributed by atoms with Gasteiger partial charge in [0.1, 0.15) is 5.15 Å². The second-order valence-electron chi connectivity index (χ2n) is 2.72. The van der Waals surface area contributed by atoms with Crippen molar-refractivity contribution in [3.8, 4) is 0 Å². The van der Waals surface area contributed by atoms with Crippen molar-refractivity contribution in [1.82, 2.24) is 9.97 Å². The Morgan fingerprint density at radius 1 is 1.40 bits per heavy atom. The van der Waals surface area contributed by atoms with E-state index in [1.807, 2.05) is 26.3 Å². The normalized spacial score (nSPS) is 8.73. The summed E-state index contributed by atoms with van der Waals surface area (Å²) in [5.41, 5.74) is 0.826. The molecular formula is C11H11ClN2Y-2. The second kappa shape index (κ2) is 8.15. The van der Waals surface area contributed by atoms with E-state index in [-0.39, 0.29) is 32.7 Å². The van der Waals surface area contributed by atoms with Gasteiger partial charge in [0.15, 0.2) is 0 Å². The number of hydrogen-bond acceptors (Lipinski definition) is 2. The molecule has 2 aromatic rings. The van der Waals surface area contributed by atoms with Crippen LogP contribution in [0, 0.1) is 12.6 Å². The number of fused-ring (bicyclic) bond motifs is 1. The average molecular weight is 296 g/mol. The Bertz CT molecular complexity index is 406. The maximum Gasteiger partial charge on any atom is 0.118 e. The molecule has 0 saturated carbocycles. The third-order valence-electron chi connectivity index (χ3n) is 1.40. The maximum atomic E-state index is 5.65. The second-order valence-corrected chi connectivity index (χ2v) is 3.10. The third kappa shape index (κ3) is 5.01. The Labute approximate surface area is 120 Å². The third-order valence-corrected chi connectivity index (χ3v) is 1.61. The number of nitrogens with zero attached hydrogens (tertiary/aromatic N) is 2. The number of aromatic nitrogens is 2. The van der Waals surface area contributed by atoms with Gasteiger partial charge in [0, 0.05) is 38.9 Å². The molecule has 77 valence electrons. The molecule has 1 radical (unpaired) electrons. The Hall–Kier alpha value is -0.0461. The molecule has 2 heterocycles. The van der Waals surface area contributed by atoms with Crippen LogP contribution in [0.3, 0.4) is 0 Å². The van der Waals surface area contributed by atoms with Crippen molar-refractivity contribution in [2.75, 3.05) is 0 Å². The molecule has 0 atom stereocenters. The quantitative estimate of drug-likeness (QED) is 0.550. The van der Waals surface area contributed by atoms with E-state index >= 15 is 0 Å². The van der Waals surface area contributed by atoms with Gasteiger partial charge in [-0.05, 0) is 5.52 Å². The van der Waals surface area contributed by atoms with Crippen molar-refractivity contribution in [3.05, 3.63) is 42.2 Å². The zero-order valence-corrected chi connectivity index (χ0v) is 12.3. The number of halogens is 1. The molecule has 0 unspecified atom stereocenters. The summed E-state index contributed by atoms with van der Waals surface area (Å²) in [7, 11) is 0. The molecule has 0 N–H and O–H groups in total. The van der Waals surface area contributed by atoms with E-state index < -0.39 is 0 Å². The first kappa shape index (κ1) is 15.0. The molecule has 4 heteroatoms. The van der Waals surface area contributed by atoms with Gasteiger partial charge in [-0.15, -0.1) is 0 Å². The minimum Gasteiger partial charge on any atom is -0.386 e. The molecule has 0 aliphatic heterocycles. The SMILES string of the molecule is C[CH-]C.Clc1cc2n[c-]ccc2cn1.[Y]. The van der Waals surface area contributed by atoms with Gasteiger partial charge in [0.25, 0.3) is 0 Å². The molecule has 15 heavy (non-hydrogen) atoms. The van der Waals surface area contributed by atoms with Crippen molar-refractivity contribution < 1.29 is 32.7 Å². The molecule has 2 nitrogen and oxygen atoms in total. The first-order valence-corrected chi connectivity index (χ1v) is 4.68. The Morgan fingerprint density at radius 3 is 2.73 bits per heavy atom. The van der Waals surface area contributed by atoms with Crippen LogP contribution in [0.15, 0.2) is 24.4 Å². The van der Waals surface area contributed by atoms with E-state index in [9.17, 15) is 0 Å². The minimum atomic E-state index is 0. The van der Waals surface area contributed by atoms with Gasteiger partial charge in [0.05, 0.1) is 0 Å². The predicted octanol–water partition coefficient (Wildman–Crippen LogP) is 3.31. The largest absolute Gasteiger partial charge is 0.386 e. The van der Waals surface area contributed by atoms with Crippen LogP contribution in [-0.4, -0.2) is 9.97 Å². The van der Waals surface area contributed by atoms with E-state index in [2.05, 4.69) is 16.2 Å². The van der Waals surface area contributed by atoms with Gasteiger partial charge >= 0.3 is 0 Å². The Balaban J connectivity index is 0.000000443. The van der Waals surface area contributed by atoms with Crippen LogP contribution in [0.2, 0.25) is 5.15 Å². The summed E-state index contributed by atoms with van der Waals surface area (Å²) in [6, 6.07) is 5.36. The monoisotopic (exact) mass is 295 g/mol. The zero-order chi connectivity index (χ0) is 10.4.